The molecule has 2 unspecified atom stereocenters. The van der Waals surface area contributed by atoms with Crippen LogP contribution in [0.4, 0.5) is 0 Å². The lowest BCUT2D eigenvalue weighted by Crippen LogP contribution is -2.58. The number of hydrogen-bond donors (Lipinski definition) is 4. The zero-order valence-corrected chi connectivity index (χ0v) is 8.40. The Morgan fingerprint density at radius 1 is 0.875 bits per heavy atom. The zero-order valence-electron chi connectivity index (χ0n) is 8.40. The number of ether oxygens (including phenoxy) is 4. The summed E-state index contributed by atoms with van der Waals surface area (Å²) in [5.41, 5.74) is 0. The van der Waals surface area contributed by atoms with Crippen molar-refractivity contribution in [1.82, 2.24) is 0 Å². The van der Waals surface area contributed by atoms with E-state index >= 15 is 0 Å². The van der Waals surface area contributed by atoms with Gasteiger partial charge in [-0.1, -0.05) is 0 Å². The van der Waals surface area contributed by atoms with Crippen LogP contribution in [0.2, 0.25) is 0 Å². The van der Waals surface area contributed by atoms with Crippen LogP contribution in [0.15, 0.2) is 0 Å². The first kappa shape index (κ1) is 12.1. The fourth-order valence-electron chi connectivity index (χ4n) is 0.935. The van der Waals surface area contributed by atoms with Crippen LogP contribution in [0.3, 0.4) is 0 Å². The molecule has 0 aromatic heterocycles. The second kappa shape index (κ2) is 4.17. The van der Waals surface area contributed by atoms with Crippen molar-refractivity contribution in [3.63, 3.8) is 0 Å². The third kappa shape index (κ3) is 3.09. The highest BCUT2D eigenvalue weighted by Gasteiger charge is 2.52. The number of hydrogen-bond acceptors (Lipinski definition) is 8. The lowest BCUT2D eigenvalue weighted by molar-refractivity contribution is -0.530. The van der Waals surface area contributed by atoms with Gasteiger partial charge < -0.3 is 39.4 Å². The summed E-state index contributed by atoms with van der Waals surface area (Å²) in [7, 11) is 0. The van der Waals surface area contributed by atoms with E-state index in [1.807, 2.05) is 0 Å². The molecule has 4 N–H and O–H groups in total. The topological polar surface area (TPSA) is 124 Å². The van der Waals surface area contributed by atoms with E-state index < -0.39 is 11.9 Å². The molecule has 0 radical (unpaired) electrons. The first-order chi connectivity index (χ1) is 7.41. The van der Waals surface area contributed by atoms with Gasteiger partial charge >= 0.3 is 11.9 Å². The summed E-state index contributed by atoms with van der Waals surface area (Å²) < 4.78 is 18.5. The predicted molar refractivity (Wildman–Crippen MR) is 45.7 cm³/mol. The molecule has 0 aromatic carbocycles. The number of aliphatic hydroxyl groups is 4. The molecule has 0 saturated carbocycles. The molecule has 2 fully saturated rings. The molecule has 2 aliphatic heterocycles. The molecule has 16 heavy (non-hydrogen) atoms. The van der Waals surface area contributed by atoms with Gasteiger partial charge in [0, 0.05) is 0 Å². The van der Waals surface area contributed by atoms with Crippen molar-refractivity contribution in [3.8, 4) is 0 Å². The number of epoxide rings is 2. The predicted octanol–water partition coefficient (Wildman–Crippen LogP) is -2.91. The maximum atomic E-state index is 9.26. The molecule has 94 valence electrons. The van der Waals surface area contributed by atoms with Gasteiger partial charge in [0.1, 0.15) is 12.2 Å². The second-order valence-corrected chi connectivity index (χ2v) is 3.75. The third-order valence-electron chi connectivity index (χ3n) is 2.17. The minimum absolute atomic E-state index is 0.168. The van der Waals surface area contributed by atoms with Crippen molar-refractivity contribution in [1.29, 1.82) is 0 Å². The van der Waals surface area contributed by atoms with E-state index in [1.54, 1.807) is 0 Å². The van der Waals surface area contributed by atoms with Gasteiger partial charge in [-0.3, -0.25) is 0 Å². The van der Waals surface area contributed by atoms with E-state index in [9.17, 15) is 20.4 Å². The van der Waals surface area contributed by atoms with E-state index in [0.717, 1.165) is 0 Å². The van der Waals surface area contributed by atoms with Gasteiger partial charge in [-0.2, -0.15) is 0 Å². The molecule has 0 bridgehead atoms. The minimum Gasteiger partial charge on any atom is -0.371 e. The fraction of sp³-hybridized carbons (Fsp3) is 1.00. The molecule has 0 spiro atoms. The van der Waals surface area contributed by atoms with Gasteiger partial charge in [0.15, 0.2) is 0 Å². The van der Waals surface area contributed by atoms with Gasteiger partial charge in [0.05, 0.1) is 26.4 Å². The van der Waals surface area contributed by atoms with Gasteiger partial charge in [0.2, 0.25) is 0 Å². The Bertz CT molecular complexity index is 218. The van der Waals surface area contributed by atoms with Crippen LogP contribution < -0.4 is 0 Å². The van der Waals surface area contributed by atoms with Crippen LogP contribution in [0.5, 0.6) is 0 Å². The molecule has 0 aromatic rings. The summed E-state index contributed by atoms with van der Waals surface area (Å²) in [6.07, 6.45) is -0.498. The largest absolute Gasteiger partial charge is 0.371 e. The third-order valence-corrected chi connectivity index (χ3v) is 2.17. The maximum Gasteiger partial charge on any atom is 0.365 e. The van der Waals surface area contributed by atoms with Gasteiger partial charge in [-0.05, 0) is 0 Å². The molecule has 2 heterocycles. The fourth-order valence-corrected chi connectivity index (χ4v) is 0.935. The van der Waals surface area contributed by atoms with Crippen molar-refractivity contribution in [2.24, 2.45) is 0 Å². The Kier molecular flexibility index (Phi) is 3.16. The summed E-state index contributed by atoms with van der Waals surface area (Å²) in [5.74, 6) is -6.43. The van der Waals surface area contributed by atoms with Crippen molar-refractivity contribution in [3.05, 3.63) is 0 Å². The zero-order chi connectivity index (χ0) is 11.8. The molecule has 8 nitrogen and oxygen atoms in total. The van der Waals surface area contributed by atoms with E-state index in [2.05, 4.69) is 9.47 Å². The monoisotopic (exact) mass is 238 g/mol. The standard InChI is InChI=1S/C8H14O8/c9-7(10,15-3-5-1-13-5)8(11,12)16-4-6-2-14-6/h5-6,9-12H,1-4H2. The molecule has 0 amide bonds. The van der Waals surface area contributed by atoms with Crippen LogP contribution >= 0.6 is 0 Å². The highest BCUT2D eigenvalue weighted by atomic mass is 16.9. The summed E-state index contributed by atoms with van der Waals surface area (Å²) >= 11 is 0. The molecular formula is C8H14O8. The molecule has 2 saturated heterocycles. The second-order valence-electron chi connectivity index (χ2n) is 3.75. The van der Waals surface area contributed by atoms with Gasteiger partial charge in [-0.15, -0.1) is 0 Å². The first-order valence-electron chi connectivity index (χ1n) is 4.81. The highest BCUT2D eigenvalue weighted by molar-refractivity contribution is 4.73. The van der Waals surface area contributed by atoms with Gasteiger partial charge in [0.25, 0.3) is 0 Å². The average Bonchev–Trinajstić information content (AvgIpc) is 3.04. The van der Waals surface area contributed by atoms with Crippen LogP contribution in [-0.4, -0.2) is 71.0 Å². The smallest absolute Gasteiger partial charge is 0.365 e. The van der Waals surface area contributed by atoms with Crippen molar-refractivity contribution in [2.45, 2.75) is 24.2 Å². The van der Waals surface area contributed by atoms with E-state index in [0.29, 0.717) is 13.2 Å². The molecule has 0 aliphatic carbocycles. The Morgan fingerprint density at radius 3 is 1.44 bits per heavy atom. The lowest BCUT2D eigenvalue weighted by atomic mass is 10.4. The van der Waals surface area contributed by atoms with E-state index in [4.69, 9.17) is 9.47 Å². The minimum atomic E-state index is -3.21. The summed E-state index contributed by atoms with van der Waals surface area (Å²) in [6, 6.07) is 0. The van der Waals surface area contributed by atoms with Gasteiger partial charge in [-0.25, -0.2) is 0 Å². The van der Waals surface area contributed by atoms with Crippen molar-refractivity contribution >= 4 is 0 Å². The normalized spacial score (nSPS) is 29.2. The van der Waals surface area contributed by atoms with Crippen LogP contribution in [0.25, 0.3) is 0 Å². The van der Waals surface area contributed by atoms with Crippen LogP contribution in [0.1, 0.15) is 0 Å². The molecule has 2 aliphatic rings. The van der Waals surface area contributed by atoms with E-state index in [-0.39, 0.29) is 25.4 Å². The highest BCUT2D eigenvalue weighted by Crippen LogP contribution is 2.24. The maximum absolute atomic E-state index is 9.26. The Hall–Kier alpha value is -0.320. The van der Waals surface area contributed by atoms with Crippen LogP contribution in [-0.2, 0) is 18.9 Å². The van der Waals surface area contributed by atoms with Crippen molar-refractivity contribution in [2.75, 3.05) is 26.4 Å². The van der Waals surface area contributed by atoms with Crippen LogP contribution in [0, 0.1) is 0 Å². The lowest BCUT2D eigenvalue weighted by Gasteiger charge is -2.32. The quantitative estimate of drug-likeness (QED) is 0.275. The Labute approximate surface area is 90.9 Å². The first-order valence-corrected chi connectivity index (χ1v) is 4.81. The van der Waals surface area contributed by atoms with Crippen molar-refractivity contribution < 1.29 is 39.4 Å². The molecule has 8 heteroatoms. The summed E-state index contributed by atoms with van der Waals surface area (Å²) in [6.45, 7) is 0.547. The summed E-state index contributed by atoms with van der Waals surface area (Å²) in [4.78, 5) is 0. The summed E-state index contributed by atoms with van der Waals surface area (Å²) in [5, 5.41) is 37.1. The average molecular weight is 238 g/mol. The molecule has 2 rings (SSSR count). The molecular weight excluding hydrogens is 224 g/mol. The Morgan fingerprint density at radius 2 is 1.19 bits per heavy atom. The molecule has 2 atom stereocenters. The SMILES string of the molecule is OC(O)(OCC1CO1)C(O)(O)OCC1CO1. The van der Waals surface area contributed by atoms with E-state index in [1.165, 1.54) is 0 Å². The Balaban J connectivity index is 1.78. The number of rotatable bonds is 7.